The molecule has 156 valence electrons. The van der Waals surface area contributed by atoms with E-state index in [2.05, 4.69) is 43.1 Å². The Morgan fingerprint density at radius 1 is 1.18 bits per heavy atom. The van der Waals surface area contributed by atoms with Crippen molar-refractivity contribution in [3.8, 4) is 5.75 Å². The van der Waals surface area contributed by atoms with Crippen LogP contribution in [0.2, 0.25) is 0 Å². The largest absolute Gasteiger partial charge is 0.491 e. The molecule has 0 bridgehead atoms. The summed E-state index contributed by atoms with van der Waals surface area (Å²) in [5.41, 5.74) is 1.10. The number of hydrogen-bond acceptors (Lipinski definition) is 3. The van der Waals surface area contributed by atoms with Gasteiger partial charge >= 0.3 is 0 Å². The highest BCUT2D eigenvalue weighted by molar-refractivity contribution is 5.83. The molecule has 4 nitrogen and oxygen atoms in total. The van der Waals surface area contributed by atoms with Crippen LogP contribution >= 0.6 is 0 Å². The van der Waals surface area contributed by atoms with Crippen molar-refractivity contribution in [1.29, 1.82) is 0 Å². The monoisotopic (exact) mass is 386 g/mol. The minimum atomic E-state index is -0.193. The van der Waals surface area contributed by atoms with E-state index in [-0.39, 0.29) is 17.4 Å². The molecule has 1 saturated heterocycles. The Bertz CT molecular complexity index is 635. The van der Waals surface area contributed by atoms with Crippen molar-refractivity contribution in [1.82, 2.24) is 10.2 Å². The van der Waals surface area contributed by atoms with E-state index < -0.39 is 0 Å². The zero-order valence-corrected chi connectivity index (χ0v) is 18.0. The van der Waals surface area contributed by atoms with Crippen LogP contribution in [0, 0.1) is 11.3 Å². The average Bonchev–Trinajstić information content (AvgIpc) is 2.69. The number of nitrogens with one attached hydrogen (secondary N) is 1. The first-order valence-corrected chi connectivity index (χ1v) is 11.2. The fraction of sp³-hybridized carbons (Fsp3) is 0.708. The van der Waals surface area contributed by atoms with E-state index >= 15 is 0 Å². The van der Waals surface area contributed by atoms with Gasteiger partial charge in [0.05, 0.1) is 11.5 Å². The highest BCUT2D eigenvalue weighted by Crippen LogP contribution is 2.38. The fourth-order valence-corrected chi connectivity index (χ4v) is 4.50. The summed E-state index contributed by atoms with van der Waals surface area (Å²) in [5.74, 6) is 1.96. The summed E-state index contributed by atoms with van der Waals surface area (Å²) >= 11 is 0. The van der Waals surface area contributed by atoms with Gasteiger partial charge in [-0.1, -0.05) is 38.5 Å². The molecule has 4 heteroatoms. The molecule has 1 amide bonds. The molecule has 1 atom stereocenters. The number of ether oxygens (including phenoxy) is 1. The van der Waals surface area contributed by atoms with Gasteiger partial charge in [0.2, 0.25) is 5.91 Å². The van der Waals surface area contributed by atoms with Crippen LogP contribution < -0.4 is 10.1 Å². The third kappa shape index (κ3) is 5.50. The zero-order valence-electron chi connectivity index (χ0n) is 18.0. The Hall–Kier alpha value is -1.55. The first-order valence-electron chi connectivity index (χ1n) is 11.2. The van der Waals surface area contributed by atoms with Gasteiger partial charge < -0.3 is 15.0 Å². The number of rotatable bonds is 3. The second kappa shape index (κ2) is 9.78. The number of carbonyl (C=O) groups excluding carboxylic acids is 1. The maximum Gasteiger partial charge on any atom is 0.226 e. The van der Waals surface area contributed by atoms with Gasteiger partial charge in [0.1, 0.15) is 12.4 Å². The molecule has 0 saturated carbocycles. The summed E-state index contributed by atoms with van der Waals surface area (Å²) in [5, 5.41) is 3.27. The molecule has 0 aromatic heterocycles. The molecule has 1 spiro atoms. The molecule has 0 aliphatic carbocycles. The van der Waals surface area contributed by atoms with Crippen LogP contribution in [0.3, 0.4) is 0 Å². The van der Waals surface area contributed by atoms with Crippen molar-refractivity contribution in [3.63, 3.8) is 0 Å². The maximum absolute atomic E-state index is 13.3. The lowest BCUT2D eigenvalue weighted by atomic mass is 9.73. The normalized spacial score (nSPS) is 24.0. The van der Waals surface area contributed by atoms with Crippen molar-refractivity contribution in [3.05, 3.63) is 29.8 Å². The quantitative estimate of drug-likeness (QED) is 0.836. The number of aryl methyl sites for hydroxylation is 1. The number of carbonyl (C=O) groups is 1. The first kappa shape index (κ1) is 21.2. The van der Waals surface area contributed by atoms with E-state index in [4.69, 9.17) is 4.74 Å². The molecule has 1 aromatic rings. The van der Waals surface area contributed by atoms with Crippen LogP contribution in [-0.4, -0.2) is 43.1 Å². The molecule has 0 unspecified atom stereocenters. The van der Waals surface area contributed by atoms with Crippen molar-refractivity contribution >= 4 is 5.91 Å². The lowest BCUT2D eigenvalue weighted by Crippen LogP contribution is -2.51. The van der Waals surface area contributed by atoms with Gasteiger partial charge in [0, 0.05) is 0 Å². The Morgan fingerprint density at radius 2 is 1.93 bits per heavy atom. The molecule has 2 heterocycles. The van der Waals surface area contributed by atoms with Crippen LogP contribution in [0.15, 0.2) is 24.3 Å². The molecular weight excluding hydrogens is 348 g/mol. The predicted octanol–water partition coefficient (Wildman–Crippen LogP) is 4.42. The summed E-state index contributed by atoms with van der Waals surface area (Å²) in [6, 6.07) is 8.36. The number of fused-ring (bicyclic) bond motifs is 1. The van der Waals surface area contributed by atoms with Gasteiger partial charge in [-0.15, -0.1) is 0 Å². The highest BCUT2D eigenvalue weighted by Gasteiger charge is 2.41. The third-order valence-electron chi connectivity index (χ3n) is 6.51. The summed E-state index contributed by atoms with van der Waals surface area (Å²) in [7, 11) is 0. The van der Waals surface area contributed by atoms with Crippen LogP contribution in [-0.2, 0) is 11.2 Å². The minimum absolute atomic E-state index is 0.0239. The van der Waals surface area contributed by atoms with Crippen LogP contribution in [0.4, 0.5) is 0 Å². The smallest absolute Gasteiger partial charge is 0.226 e. The number of para-hydroxylation sites is 1. The van der Waals surface area contributed by atoms with E-state index in [1.54, 1.807) is 0 Å². The molecular formula is C24H38N2O2. The summed E-state index contributed by atoms with van der Waals surface area (Å²) in [4.78, 5) is 15.8. The lowest BCUT2D eigenvalue weighted by Gasteiger charge is -2.41. The molecule has 1 N–H and O–H groups in total. The standard InChI is InChI=1S/C24H38N2O2/c1-19(2)11-15-26-16-13-24(14-17-26)12-7-6-9-21-8-4-5-10-22(21)28-18-20(3)25-23(24)27/h4-5,8,10,19-20H,6-7,9,11-18H2,1-3H3,(H,25,27)/t20-/m1/s1. The zero-order chi connectivity index (χ0) is 20.0. The maximum atomic E-state index is 13.3. The average molecular weight is 387 g/mol. The summed E-state index contributed by atoms with van der Waals surface area (Å²) in [6.07, 6.45) is 7.47. The third-order valence-corrected chi connectivity index (χ3v) is 6.51. The van der Waals surface area contributed by atoms with Gasteiger partial charge in [-0.05, 0) is 82.6 Å². The van der Waals surface area contributed by atoms with Crippen LogP contribution in [0.1, 0.15) is 64.9 Å². The lowest BCUT2D eigenvalue weighted by molar-refractivity contribution is -0.135. The van der Waals surface area contributed by atoms with Crippen molar-refractivity contribution in [2.24, 2.45) is 11.3 Å². The molecule has 3 rings (SSSR count). The number of amides is 1. The van der Waals surface area contributed by atoms with Gasteiger partial charge in [-0.3, -0.25) is 4.79 Å². The SMILES string of the molecule is CC(C)CCN1CCC2(CCCCc3ccccc3OC[C@@H](C)NC2=O)CC1. The Kier molecular flexibility index (Phi) is 7.39. The van der Waals surface area contributed by atoms with Crippen LogP contribution in [0.5, 0.6) is 5.75 Å². The van der Waals surface area contributed by atoms with Crippen molar-refractivity contribution in [2.45, 2.75) is 71.8 Å². The van der Waals surface area contributed by atoms with E-state index in [0.717, 1.165) is 69.8 Å². The Morgan fingerprint density at radius 3 is 2.68 bits per heavy atom. The molecule has 2 aliphatic rings. The summed E-state index contributed by atoms with van der Waals surface area (Å²) in [6.45, 7) is 10.4. The van der Waals surface area contributed by atoms with Crippen molar-refractivity contribution in [2.75, 3.05) is 26.2 Å². The van der Waals surface area contributed by atoms with Gasteiger partial charge in [0.25, 0.3) is 0 Å². The Balaban J connectivity index is 1.66. The topological polar surface area (TPSA) is 41.6 Å². The number of piperidine rings is 1. The summed E-state index contributed by atoms with van der Waals surface area (Å²) < 4.78 is 6.05. The van der Waals surface area contributed by atoms with Gasteiger partial charge in [-0.25, -0.2) is 0 Å². The van der Waals surface area contributed by atoms with Gasteiger partial charge in [0.15, 0.2) is 0 Å². The van der Waals surface area contributed by atoms with Crippen molar-refractivity contribution < 1.29 is 9.53 Å². The Labute approximate surface area is 171 Å². The van der Waals surface area contributed by atoms with Crippen LogP contribution in [0.25, 0.3) is 0 Å². The molecule has 0 radical (unpaired) electrons. The second-order valence-corrected chi connectivity index (χ2v) is 9.30. The number of nitrogens with zero attached hydrogens (tertiary/aromatic N) is 1. The first-order chi connectivity index (χ1) is 13.5. The van der Waals surface area contributed by atoms with E-state index in [1.165, 1.54) is 12.0 Å². The number of likely N-dealkylation sites (tertiary alicyclic amines) is 1. The van der Waals surface area contributed by atoms with E-state index in [1.807, 2.05) is 12.1 Å². The molecule has 28 heavy (non-hydrogen) atoms. The minimum Gasteiger partial charge on any atom is -0.491 e. The van der Waals surface area contributed by atoms with E-state index in [9.17, 15) is 4.79 Å². The number of hydrogen-bond donors (Lipinski definition) is 1. The number of benzene rings is 1. The fourth-order valence-electron chi connectivity index (χ4n) is 4.50. The molecule has 1 aromatic carbocycles. The highest BCUT2D eigenvalue weighted by atomic mass is 16.5. The predicted molar refractivity (Wildman–Crippen MR) is 115 cm³/mol. The van der Waals surface area contributed by atoms with Gasteiger partial charge in [-0.2, -0.15) is 0 Å². The molecule has 2 aliphatic heterocycles. The second-order valence-electron chi connectivity index (χ2n) is 9.30. The van der Waals surface area contributed by atoms with E-state index in [0.29, 0.717) is 6.61 Å². The molecule has 1 fully saturated rings.